The standard InChI is InChI=1S/C27H21N/c1-18-19(2)28-27-24-15-9-14-22(20-10-5-3-6-11-20)23(24)16-17-25(27)26(18)21-12-7-4-8-13-21/h3-17H,1-2H3. The maximum absolute atomic E-state index is 5.02. The second-order valence-electron chi connectivity index (χ2n) is 7.29. The summed E-state index contributed by atoms with van der Waals surface area (Å²) in [6.07, 6.45) is 0. The van der Waals surface area contributed by atoms with Crippen LogP contribution in [0.1, 0.15) is 11.3 Å². The molecule has 0 radical (unpaired) electrons. The van der Waals surface area contributed by atoms with Crippen LogP contribution in [0.4, 0.5) is 0 Å². The van der Waals surface area contributed by atoms with Crippen LogP contribution in [0.25, 0.3) is 43.9 Å². The van der Waals surface area contributed by atoms with E-state index in [0.29, 0.717) is 0 Å². The van der Waals surface area contributed by atoms with E-state index in [1.165, 1.54) is 44.0 Å². The molecule has 5 rings (SSSR count). The molecule has 0 unspecified atom stereocenters. The van der Waals surface area contributed by atoms with Gasteiger partial charge >= 0.3 is 0 Å². The van der Waals surface area contributed by atoms with Gasteiger partial charge in [-0.15, -0.1) is 0 Å². The number of aryl methyl sites for hydroxylation is 1. The number of benzene rings is 4. The van der Waals surface area contributed by atoms with Crippen molar-refractivity contribution in [2.24, 2.45) is 0 Å². The zero-order valence-electron chi connectivity index (χ0n) is 16.1. The van der Waals surface area contributed by atoms with Crippen molar-refractivity contribution in [1.29, 1.82) is 0 Å². The molecule has 0 spiro atoms. The molecule has 5 aromatic rings. The average Bonchev–Trinajstić information content (AvgIpc) is 2.75. The van der Waals surface area contributed by atoms with Gasteiger partial charge < -0.3 is 0 Å². The summed E-state index contributed by atoms with van der Waals surface area (Å²) in [4.78, 5) is 5.02. The molecule has 1 heterocycles. The van der Waals surface area contributed by atoms with Crippen LogP contribution in [0.3, 0.4) is 0 Å². The largest absolute Gasteiger partial charge is 0.252 e. The van der Waals surface area contributed by atoms with Gasteiger partial charge in [-0.25, -0.2) is 0 Å². The summed E-state index contributed by atoms with van der Waals surface area (Å²) in [6, 6.07) is 32.3. The maximum Gasteiger partial charge on any atom is 0.0790 e. The van der Waals surface area contributed by atoms with Crippen LogP contribution in [0, 0.1) is 13.8 Å². The number of hydrogen-bond acceptors (Lipinski definition) is 1. The predicted octanol–water partition coefficient (Wildman–Crippen LogP) is 7.34. The molecule has 1 aromatic heterocycles. The van der Waals surface area contributed by atoms with Crippen molar-refractivity contribution in [1.82, 2.24) is 4.98 Å². The topological polar surface area (TPSA) is 12.9 Å². The third kappa shape index (κ3) is 2.59. The molecule has 0 saturated carbocycles. The Bertz CT molecular complexity index is 1300. The minimum Gasteiger partial charge on any atom is -0.252 e. The Morgan fingerprint density at radius 2 is 1.18 bits per heavy atom. The number of rotatable bonds is 2. The van der Waals surface area contributed by atoms with Crippen LogP contribution >= 0.6 is 0 Å². The van der Waals surface area contributed by atoms with E-state index in [2.05, 4.69) is 105 Å². The Labute approximate surface area is 165 Å². The van der Waals surface area contributed by atoms with Gasteiger partial charge in [0.15, 0.2) is 0 Å². The average molecular weight is 359 g/mol. The van der Waals surface area contributed by atoms with Gasteiger partial charge in [-0.2, -0.15) is 0 Å². The lowest BCUT2D eigenvalue weighted by atomic mass is 9.91. The summed E-state index contributed by atoms with van der Waals surface area (Å²) in [6.45, 7) is 4.29. The first-order valence-electron chi connectivity index (χ1n) is 9.67. The molecule has 1 heteroatoms. The van der Waals surface area contributed by atoms with E-state index in [4.69, 9.17) is 4.98 Å². The quantitative estimate of drug-likeness (QED) is 0.300. The lowest BCUT2D eigenvalue weighted by Crippen LogP contribution is -1.95. The van der Waals surface area contributed by atoms with E-state index in [1.54, 1.807) is 0 Å². The molecule has 0 fully saturated rings. The van der Waals surface area contributed by atoms with E-state index in [-0.39, 0.29) is 0 Å². The van der Waals surface area contributed by atoms with Gasteiger partial charge in [-0.05, 0) is 47.1 Å². The number of hydrogen-bond donors (Lipinski definition) is 0. The van der Waals surface area contributed by atoms with Gasteiger partial charge in [0.25, 0.3) is 0 Å². The highest BCUT2D eigenvalue weighted by molar-refractivity contribution is 6.14. The van der Waals surface area contributed by atoms with Gasteiger partial charge in [-0.1, -0.05) is 91.0 Å². The van der Waals surface area contributed by atoms with Crippen molar-refractivity contribution >= 4 is 21.7 Å². The third-order valence-electron chi connectivity index (χ3n) is 5.65. The van der Waals surface area contributed by atoms with Crippen LogP contribution in [0.5, 0.6) is 0 Å². The first-order chi connectivity index (χ1) is 13.7. The molecule has 28 heavy (non-hydrogen) atoms. The van der Waals surface area contributed by atoms with Crippen molar-refractivity contribution in [3.63, 3.8) is 0 Å². The van der Waals surface area contributed by atoms with Crippen LogP contribution in [0.15, 0.2) is 91.0 Å². The van der Waals surface area contributed by atoms with Gasteiger partial charge in [0.05, 0.1) is 5.52 Å². The minimum atomic E-state index is 1.08. The fraction of sp³-hybridized carbons (Fsp3) is 0.0741. The van der Waals surface area contributed by atoms with Crippen molar-refractivity contribution in [3.05, 3.63) is 102 Å². The fourth-order valence-corrected chi connectivity index (χ4v) is 4.14. The fourth-order valence-electron chi connectivity index (χ4n) is 4.14. The minimum absolute atomic E-state index is 1.08. The van der Waals surface area contributed by atoms with Crippen LogP contribution in [-0.2, 0) is 0 Å². The molecule has 4 aromatic carbocycles. The van der Waals surface area contributed by atoms with Crippen LogP contribution < -0.4 is 0 Å². The summed E-state index contributed by atoms with van der Waals surface area (Å²) in [5.74, 6) is 0. The Morgan fingerprint density at radius 1 is 0.536 bits per heavy atom. The molecule has 0 aliphatic carbocycles. The number of fused-ring (bicyclic) bond motifs is 3. The van der Waals surface area contributed by atoms with Crippen molar-refractivity contribution in [2.45, 2.75) is 13.8 Å². The highest BCUT2D eigenvalue weighted by atomic mass is 14.7. The van der Waals surface area contributed by atoms with Gasteiger partial charge in [0, 0.05) is 16.5 Å². The lowest BCUT2D eigenvalue weighted by molar-refractivity contribution is 1.20. The summed E-state index contributed by atoms with van der Waals surface area (Å²) < 4.78 is 0. The highest BCUT2D eigenvalue weighted by Crippen LogP contribution is 2.38. The summed E-state index contributed by atoms with van der Waals surface area (Å²) in [5.41, 5.74) is 8.43. The second-order valence-corrected chi connectivity index (χ2v) is 7.29. The summed E-state index contributed by atoms with van der Waals surface area (Å²) in [5, 5.41) is 3.67. The van der Waals surface area contributed by atoms with E-state index in [9.17, 15) is 0 Å². The van der Waals surface area contributed by atoms with Gasteiger partial charge in [0.1, 0.15) is 0 Å². The Kier molecular flexibility index (Phi) is 3.95. The molecule has 0 saturated heterocycles. The van der Waals surface area contributed by atoms with E-state index in [0.717, 1.165) is 11.2 Å². The summed E-state index contributed by atoms with van der Waals surface area (Å²) >= 11 is 0. The van der Waals surface area contributed by atoms with Crippen LogP contribution in [0.2, 0.25) is 0 Å². The highest BCUT2D eigenvalue weighted by Gasteiger charge is 2.14. The van der Waals surface area contributed by atoms with Gasteiger partial charge in [0.2, 0.25) is 0 Å². The summed E-state index contributed by atoms with van der Waals surface area (Å²) in [7, 11) is 0. The first kappa shape index (κ1) is 16.7. The Hall–Kier alpha value is -3.45. The zero-order valence-corrected chi connectivity index (χ0v) is 16.1. The number of pyridine rings is 1. The molecule has 1 nitrogen and oxygen atoms in total. The van der Waals surface area contributed by atoms with E-state index >= 15 is 0 Å². The van der Waals surface area contributed by atoms with Crippen LogP contribution in [-0.4, -0.2) is 4.98 Å². The van der Waals surface area contributed by atoms with Gasteiger partial charge in [-0.3, -0.25) is 4.98 Å². The molecular formula is C27H21N. The molecule has 0 N–H and O–H groups in total. The molecule has 0 aliphatic heterocycles. The van der Waals surface area contributed by atoms with E-state index in [1.807, 2.05) is 0 Å². The van der Waals surface area contributed by atoms with Crippen molar-refractivity contribution in [3.8, 4) is 22.3 Å². The van der Waals surface area contributed by atoms with Crippen molar-refractivity contribution in [2.75, 3.05) is 0 Å². The maximum atomic E-state index is 5.02. The molecule has 0 atom stereocenters. The zero-order chi connectivity index (χ0) is 19.1. The molecule has 0 amide bonds. The molecule has 0 aliphatic rings. The predicted molar refractivity (Wildman–Crippen MR) is 120 cm³/mol. The Morgan fingerprint density at radius 3 is 1.89 bits per heavy atom. The smallest absolute Gasteiger partial charge is 0.0790 e. The third-order valence-corrected chi connectivity index (χ3v) is 5.65. The number of aromatic nitrogens is 1. The number of nitrogens with zero attached hydrogens (tertiary/aromatic N) is 1. The van der Waals surface area contributed by atoms with E-state index < -0.39 is 0 Å². The molecule has 134 valence electrons. The Balaban J connectivity index is 1.89. The molecule has 0 bridgehead atoms. The lowest BCUT2D eigenvalue weighted by Gasteiger charge is -2.16. The first-order valence-corrected chi connectivity index (χ1v) is 9.67. The normalized spacial score (nSPS) is 11.2. The molecular weight excluding hydrogens is 338 g/mol. The second kappa shape index (κ2) is 6.61. The monoisotopic (exact) mass is 359 g/mol. The SMILES string of the molecule is Cc1nc2c(ccc3c(-c4ccccc4)cccc32)c(-c2ccccc2)c1C. The van der Waals surface area contributed by atoms with Crippen molar-refractivity contribution < 1.29 is 0 Å².